The van der Waals surface area contributed by atoms with Gasteiger partial charge in [-0.3, -0.25) is 9.78 Å². The second kappa shape index (κ2) is 6.56. The summed E-state index contributed by atoms with van der Waals surface area (Å²) in [5.74, 6) is 1.20. The Balaban J connectivity index is 1.93. The minimum atomic E-state index is -0.0846. The zero-order chi connectivity index (χ0) is 16.4. The molecule has 23 heavy (non-hydrogen) atoms. The van der Waals surface area contributed by atoms with E-state index in [1.54, 1.807) is 36.7 Å². The van der Waals surface area contributed by atoms with Gasteiger partial charge in [-0.15, -0.1) is 11.3 Å². The first-order valence-electron chi connectivity index (χ1n) is 7.15. The van der Waals surface area contributed by atoms with Gasteiger partial charge in [0.25, 0.3) is 5.91 Å². The molecule has 0 aliphatic carbocycles. The maximum atomic E-state index is 12.2. The Morgan fingerprint density at radius 3 is 2.70 bits per heavy atom. The highest BCUT2D eigenvalue weighted by atomic mass is 35.5. The van der Waals surface area contributed by atoms with Crippen LogP contribution >= 0.6 is 22.9 Å². The maximum Gasteiger partial charge on any atom is 0.261 e. The van der Waals surface area contributed by atoms with Crippen LogP contribution < -0.4 is 10.1 Å². The Kier molecular flexibility index (Phi) is 4.50. The smallest absolute Gasteiger partial charge is 0.261 e. The molecule has 2 aromatic heterocycles. The molecule has 0 saturated heterocycles. The molecule has 3 aromatic rings. The fourth-order valence-corrected chi connectivity index (χ4v) is 3.17. The van der Waals surface area contributed by atoms with Gasteiger partial charge >= 0.3 is 0 Å². The van der Waals surface area contributed by atoms with Crippen molar-refractivity contribution in [1.29, 1.82) is 0 Å². The summed E-state index contributed by atoms with van der Waals surface area (Å²) in [4.78, 5) is 17.0. The topological polar surface area (TPSA) is 51.2 Å². The van der Waals surface area contributed by atoms with Gasteiger partial charge in [0.05, 0.1) is 15.8 Å². The fraction of sp³-hybridized carbons (Fsp3) is 0.176. The number of benzene rings is 1. The Bertz CT molecular complexity index is 843. The summed E-state index contributed by atoms with van der Waals surface area (Å²) < 4.78 is 6.78. The Morgan fingerprint density at radius 2 is 2.00 bits per heavy atom. The van der Waals surface area contributed by atoms with E-state index >= 15 is 0 Å². The van der Waals surface area contributed by atoms with Crippen LogP contribution in [0.4, 0.5) is 0 Å². The van der Waals surface area contributed by atoms with Crippen molar-refractivity contribution in [3.63, 3.8) is 0 Å². The summed E-state index contributed by atoms with van der Waals surface area (Å²) in [5, 5.41) is 4.41. The molecule has 1 amide bonds. The predicted octanol–water partition coefficient (Wildman–Crippen LogP) is 4.88. The van der Waals surface area contributed by atoms with Gasteiger partial charge in [0, 0.05) is 22.6 Å². The number of pyridine rings is 1. The van der Waals surface area contributed by atoms with Crippen LogP contribution in [0, 0.1) is 0 Å². The second-order valence-electron chi connectivity index (χ2n) is 5.34. The van der Waals surface area contributed by atoms with E-state index in [2.05, 4.69) is 10.3 Å². The van der Waals surface area contributed by atoms with Gasteiger partial charge < -0.3 is 10.1 Å². The quantitative estimate of drug-likeness (QED) is 0.732. The van der Waals surface area contributed by atoms with Crippen molar-refractivity contribution in [3.8, 4) is 11.5 Å². The molecule has 0 saturated carbocycles. The van der Waals surface area contributed by atoms with Gasteiger partial charge in [0.15, 0.2) is 5.75 Å². The number of hydrogen-bond acceptors (Lipinski definition) is 4. The van der Waals surface area contributed by atoms with Gasteiger partial charge in [-0.1, -0.05) is 11.6 Å². The normalized spacial score (nSPS) is 11.0. The summed E-state index contributed by atoms with van der Waals surface area (Å²) in [5.41, 5.74) is 0. The Labute approximate surface area is 143 Å². The molecule has 4 nitrogen and oxygen atoms in total. The van der Waals surface area contributed by atoms with Crippen LogP contribution in [-0.2, 0) is 0 Å². The van der Waals surface area contributed by atoms with Gasteiger partial charge in [-0.2, -0.15) is 0 Å². The van der Waals surface area contributed by atoms with Gasteiger partial charge in [-0.25, -0.2) is 0 Å². The van der Waals surface area contributed by atoms with Crippen molar-refractivity contribution in [2.75, 3.05) is 0 Å². The number of hydrogen-bond donors (Lipinski definition) is 1. The van der Waals surface area contributed by atoms with E-state index < -0.39 is 0 Å². The van der Waals surface area contributed by atoms with Crippen molar-refractivity contribution in [2.45, 2.75) is 19.9 Å². The Morgan fingerprint density at radius 1 is 1.26 bits per heavy atom. The third-order valence-electron chi connectivity index (χ3n) is 3.09. The molecule has 0 fully saturated rings. The molecule has 1 N–H and O–H groups in total. The largest absolute Gasteiger partial charge is 0.455 e. The number of ether oxygens (including phenoxy) is 1. The SMILES string of the molecule is CC(C)NC(=O)c1cc2c(Oc3ccc(Cl)cc3)cncc2s1. The van der Waals surface area contributed by atoms with E-state index in [0.29, 0.717) is 21.4 Å². The summed E-state index contributed by atoms with van der Waals surface area (Å²) in [6.45, 7) is 3.86. The van der Waals surface area contributed by atoms with E-state index in [9.17, 15) is 4.79 Å². The lowest BCUT2D eigenvalue weighted by molar-refractivity contribution is 0.0947. The van der Waals surface area contributed by atoms with Crippen molar-refractivity contribution >= 4 is 38.9 Å². The molecule has 3 rings (SSSR count). The summed E-state index contributed by atoms with van der Waals surface area (Å²) in [7, 11) is 0. The molecule has 0 bridgehead atoms. The first-order chi connectivity index (χ1) is 11.0. The number of rotatable bonds is 4. The van der Waals surface area contributed by atoms with Gasteiger partial charge in [0.2, 0.25) is 0 Å². The van der Waals surface area contributed by atoms with E-state index in [1.165, 1.54) is 11.3 Å². The van der Waals surface area contributed by atoms with Crippen molar-refractivity contribution in [2.24, 2.45) is 0 Å². The number of nitrogens with zero attached hydrogens (tertiary/aromatic N) is 1. The number of halogens is 1. The number of carbonyl (C=O) groups is 1. The molecule has 0 unspecified atom stereocenters. The van der Waals surface area contributed by atoms with Crippen molar-refractivity contribution in [1.82, 2.24) is 10.3 Å². The predicted molar refractivity (Wildman–Crippen MR) is 93.7 cm³/mol. The van der Waals surface area contributed by atoms with Gasteiger partial charge in [-0.05, 0) is 44.2 Å². The molecule has 0 atom stereocenters. The molecule has 0 spiro atoms. The van der Waals surface area contributed by atoms with Crippen molar-refractivity contribution in [3.05, 3.63) is 52.6 Å². The lowest BCUT2D eigenvalue weighted by atomic mass is 10.2. The Hall–Kier alpha value is -2.11. The second-order valence-corrected chi connectivity index (χ2v) is 6.86. The fourth-order valence-electron chi connectivity index (χ4n) is 2.09. The standard InChI is InChI=1S/C17H15ClN2O2S/c1-10(2)20-17(21)15-7-13-14(8-19-9-16(13)23-15)22-12-5-3-11(18)4-6-12/h3-10H,1-2H3,(H,20,21). The van der Waals surface area contributed by atoms with Crippen LogP contribution in [-0.4, -0.2) is 16.9 Å². The molecule has 0 aliphatic heterocycles. The number of nitrogens with one attached hydrogen (secondary N) is 1. The van der Waals surface area contributed by atoms with Crippen LogP contribution in [0.15, 0.2) is 42.7 Å². The van der Waals surface area contributed by atoms with E-state index in [1.807, 2.05) is 19.9 Å². The zero-order valence-corrected chi connectivity index (χ0v) is 14.2. The monoisotopic (exact) mass is 346 g/mol. The average molecular weight is 347 g/mol. The molecular weight excluding hydrogens is 332 g/mol. The highest BCUT2D eigenvalue weighted by Crippen LogP contribution is 2.34. The molecular formula is C17H15ClN2O2S. The molecule has 118 valence electrons. The lowest BCUT2D eigenvalue weighted by Crippen LogP contribution is -2.29. The van der Waals surface area contributed by atoms with Gasteiger partial charge in [0.1, 0.15) is 5.75 Å². The summed E-state index contributed by atoms with van der Waals surface area (Å²) >= 11 is 7.28. The third-order valence-corrected chi connectivity index (χ3v) is 4.42. The zero-order valence-electron chi connectivity index (χ0n) is 12.7. The van der Waals surface area contributed by atoms with Crippen LogP contribution in [0.1, 0.15) is 23.5 Å². The number of thiophene rings is 1. The van der Waals surface area contributed by atoms with Crippen molar-refractivity contribution < 1.29 is 9.53 Å². The molecule has 0 radical (unpaired) electrons. The minimum absolute atomic E-state index is 0.0846. The number of fused-ring (bicyclic) bond motifs is 1. The maximum absolute atomic E-state index is 12.2. The molecule has 6 heteroatoms. The number of carbonyl (C=O) groups excluding carboxylic acids is 1. The highest BCUT2D eigenvalue weighted by molar-refractivity contribution is 7.20. The average Bonchev–Trinajstić information content (AvgIpc) is 2.94. The summed E-state index contributed by atoms with van der Waals surface area (Å²) in [6, 6.07) is 9.04. The van der Waals surface area contributed by atoms with Crippen LogP contribution in [0.25, 0.3) is 10.1 Å². The number of amides is 1. The first-order valence-corrected chi connectivity index (χ1v) is 8.34. The lowest BCUT2D eigenvalue weighted by Gasteiger charge is -2.06. The molecule has 1 aromatic carbocycles. The van der Waals surface area contributed by atoms with E-state index in [-0.39, 0.29) is 11.9 Å². The third kappa shape index (κ3) is 3.63. The van der Waals surface area contributed by atoms with Crippen LogP contribution in [0.3, 0.4) is 0 Å². The minimum Gasteiger partial charge on any atom is -0.455 e. The van der Waals surface area contributed by atoms with E-state index in [0.717, 1.165) is 10.1 Å². The molecule has 0 aliphatic rings. The van der Waals surface area contributed by atoms with Crippen LogP contribution in [0.5, 0.6) is 11.5 Å². The van der Waals surface area contributed by atoms with Crippen LogP contribution in [0.2, 0.25) is 5.02 Å². The number of aromatic nitrogens is 1. The highest BCUT2D eigenvalue weighted by Gasteiger charge is 2.14. The molecule has 2 heterocycles. The summed E-state index contributed by atoms with van der Waals surface area (Å²) in [6.07, 6.45) is 3.38. The van der Waals surface area contributed by atoms with E-state index in [4.69, 9.17) is 16.3 Å². The first kappa shape index (κ1) is 15.8.